The van der Waals surface area contributed by atoms with Gasteiger partial charge < -0.3 is 24.4 Å². The molecule has 0 aliphatic heterocycles. The van der Waals surface area contributed by atoms with E-state index in [1.54, 1.807) is 37.3 Å². The molecule has 0 bridgehead atoms. The number of rotatable bonds is 8. The maximum absolute atomic E-state index is 12.5. The summed E-state index contributed by atoms with van der Waals surface area (Å²) in [6.45, 7) is 1.79. The van der Waals surface area contributed by atoms with Crippen LogP contribution in [0.5, 0.6) is 17.2 Å². The van der Waals surface area contributed by atoms with Crippen LogP contribution in [-0.2, 0) is 4.79 Å². The molecule has 0 spiro atoms. The number of nitrogens with zero attached hydrogens (tertiary/aromatic N) is 1. The second kappa shape index (κ2) is 9.64. The van der Waals surface area contributed by atoms with E-state index in [1.807, 2.05) is 31.2 Å². The minimum Gasteiger partial charge on any atom is -0.496 e. The molecule has 0 aromatic heterocycles. The van der Waals surface area contributed by atoms with Crippen LogP contribution in [0.3, 0.4) is 0 Å². The summed E-state index contributed by atoms with van der Waals surface area (Å²) in [7, 11) is 6.31. The second-order valence-electron chi connectivity index (χ2n) is 6.18. The van der Waals surface area contributed by atoms with Crippen LogP contribution in [0.25, 0.3) is 0 Å². The van der Waals surface area contributed by atoms with Crippen molar-refractivity contribution >= 4 is 11.8 Å². The Kier molecular flexibility index (Phi) is 7.26. The molecular formula is C21H26N2O5. The van der Waals surface area contributed by atoms with Gasteiger partial charge in [0.1, 0.15) is 5.75 Å². The zero-order chi connectivity index (χ0) is 20.7. The molecule has 2 aromatic carbocycles. The van der Waals surface area contributed by atoms with Gasteiger partial charge in [0.15, 0.2) is 11.5 Å². The second-order valence-corrected chi connectivity index (χ2v) is 6.18. The fourth-order valence-corrected chi connectivity index (χ4v) is 2.80. The first-order chi connectivity index (χ1) is 13.4. The number of nitrogens with one attached hydrogen (secondary N) is 1. The van der Waals surface area contributed by atoms with Crippen LogP contribution in [0, 0.1) is 0 Å². The van der Waals surface area contributed by atoms with Crippen LogP contribution in [0.15, 0.2) is 42.5 Å². The van der Waals surface area contributed by atoms with Gasteiger partial charge in [-0.3, -0.25) is 9.59 Å². The van der Waals surface area contributed by atoms with Crippen molar-refractivity contribution in [1.29, 1.82) is 0 Å². The third-order valence-corrected chi connectivity index (χ3v) is 4.61. The van der Waals surface area contributed by atoms with Crippen molar-refractivity contribution in [3.8, 4) is 17.2 Å². The molecule has 28 heavy (non-hydrogen) atoms. The number of para-hydroxylation sites is 1. The summed E-state index contributed by atoms with van der Waals surface area (Å²) in [4.78, 5) is 26.5. The zero-order valence-corrected chi connectivity index (χ0v) is 16.8. The van der Waals surface area contributed by atoms with Gasteiger partial charge in [0.25, 0.3) is 5.91 Å². The minimum atomic E-state index is -0.368. The van der Waals surface area contributed by atoms with Crippen molar-refractivity contribution in [2.24, 2.45) is 0 Å². The number of likely N-dealkylation sites (N-methyl/N-ethyl adjacent to an activating group) is 1. The van der Waals surface area contributed by atoms with Gasteiger partial charge in [0.2, 0.25) is 5.91 Å². The van der Waals surface area contributed by atoms with Crippen molar-refractivity contribution in [3.05, 3.63) is 53.6 Å². The number of ether oxygens (including phenoxy) is 3. The summed E-state index contributed by atoms with van der Waals surface area (Å²) < 4.78 is 15.7. The lowest BCUT2D eigenvalue weighted by atomic mass is 10.1. The molecule has 1 N–H and O–H groups in total. The highest BCUT2D eigenvalue weighted by Crippen LogP contribution is 2.28. The number of amides is 2. The van der Waals surface area contributed by atoms with Crippen molar-refractivity contribution in [2.45, 2.75) is 13.0 Å². The summed E-state index contributed by atoms with van der Waals surface area (Å²) in [5, 5.41) is 2.65. The number of carbonyl (C=O) groups is 2. The molecule has 0 heterocycles. The Morgan fingerprint density at radius 1 is 0.964 bits per heavy atom. The lowest BCUT2D eigenvalue weighted by Gasteiger charge is -2.26. The average Bonchev–Trinajstić information content (AvgIpc) is 2.75. The molecule has 2 rings (SSSR count). The van der Waals surface area contributed by atoms with Crippen molar-refractivity contribution in [3.63, 3.8) is 0 Å². The summed E-state index contributed by atoms with van der Waals surface area (Å²) in [6, 6.07) is 12.2. The predicted molar refractivity (Wildman–Crippen MR) is 106 cm³/mol. The summed E-state index contributed by atoms with van der Waals surface area (Å²) in [6.07, 6.45) is 0. The Morgan fingerprint density at radius 3 is 2.25 bits per heavy atom. The normalized spacial score (nSPS) is 11.3. The summed E-state index contributed by atoms with van der Waals surface area (Å²) >= 11 is 0. The summed E-state index contributed by atoms with van der Waals surface area (Å²) in [5.74, 6) is 1.10. The molecule has 7 heteroatoms. The largest absolute Gasteiger partial charge is 0.496 e. The lowest BCUT2D eigenvalue weighted by Crippen LogP contribution is -2.39. The fourth-order valence-electron chi connectivity index (χ4n) is 2.80. The molecule has 2 aromatic rings. The molecule has 0 saturated carbocycles. The van der Waals surface area contributed by atoms with Gasteiger partial charge in [-0.15, -0.1) is 0 Å². The van der Waals surface area contributed by atoms with E-state index in [2.05, 4.69) is 5.32 Å². The quantitative estimate of drug-likeness (QED) is 0.755. The fraction of sp³-hybridized carbons (Fsp3) is 0.333. The van der Waals surface area contributed by atoms with Gasteiger partial charge in [-0.2, -0.15) is 0 Å². The monoisotopic (exact) mass is 386 g/mol. The van der Waals surface area contributed by atoms with Gasteiger partial charge in [-0.25, -0.2) is 0 Å². The van der Waals surface area contributed by atoms with Crippen molar-refractivity contribution in [1.82, 2.24) is 10.2 Å². The predicted octanol–water partition coefficient (Wildman–Crippen LogP) is 2.66. The summed E-state index contributed by atoms with van der Waals surface area (Å²) in [5.41, 5.74) is 1.28. The van der Waals surface area contributed by atoms with Crippen LogP contribution in [-0.4, -0.2) is 51.6 Å². The number of benzene rings is 2. The van der Waals surface area contributed by atoms with Crippen LogP contribution >= 0.6 is 0 Å². The first-order valence-electron chi connectivity index (χ1n) is 8.81. The molecule has 1 unspecified atom stereocenters. The molecule has 7 nitrogen and oxygen atoms in total. The van der Waals surface area contributed by atoms with E-state index >= 15 is 0 Å². The molecule has 2 amide bonds. The third-order valence-electron chi connectivity index (χ3n) is 4.61. The molecule has 1 atom stereocenters. The highest BCUT2D eigenvalue weighted by molar-refractivity contribution is 5.97. The SMILES string of the molecule is COc1ccc(C(=O)NCC(=O)N(C)C(C)c2ccccc2OC)cc1OC. The van der Waals surface area contributed by atoms with E-state index in [9.17, 15) is 9.59 Å². The molecule has 150 valence electrons. The third kappa shape index (κ3) is 4.73. The Morgan fingerprint density at radius 2 is 1.61 bits per heavy atom. The van der Waals surface area contributed by atoms with Gasteiger partial charge in [0.05, 0.1) is 33.9 Å². The maximum Gasteiger partial charge on any atom is 0.251 e. The number of methoxy groups -OCH3 is 3. The molecule has 0 saturated heterocycles. The number of hydrogen-bond donors (Lipinski definition) is 1. The van der Waals surface area contributed by atoms with E-state index in [-0.39, 0.29) is 24.4 Å². The van der Waals surface area contributed by atoms with Gasteiger partial charge in [-0.1, -0.05) is 18.2 Å². The number of hydrogen-bond acceptors (Lipinski definition) is 5. The molecule has 0 radical (unpaired) electrons. The maximum atomic E-state index is 12.5. The molecule has 0 aliphatic carbocycles. The van der Waals surface area contributed by atoms with Crippen LogP contribution in [0.1, 0.15) is 28.9 Å². The van der Waals surface area contributed by atoms with E-state index in [0.717, 1.165) is 5.56 Å². The van der Waals surface area contributed by atoms with E-state index in [4.69, 9.17) is 14.2 Å². The van der Waals surface area contributed by atoms with Gasteiger partial charge in [-0.05, 0) is 31.2 Å². The molecular weight excluding hydrogens is 360 g/mol. The van der Waals surface area contributed by atoms with Crippen LogP contribution in [0.4, 0.5) is 0 Å². The Labute approximate surface area is 165 Å². The highest BCUT2D eigenvalue weighted by atomic mass is 16.5. The topological polar surface area (TPSA) is 77.1 Å². The van der Waals surface area contributed by atoms with Crippen molar-refractivity contribution in [2.75, 3.05) is 34.9 Å². The first-order valence-corrected chi connectivity index (χ1v) is 8.81. The first kappa shape index (κ1) is 21.1. The van der Waals surface area contributed by atoms with Gasteiger partial charge in [0, 0.05) is 18.2 Å². The molecule has 0 fully saturated rings. The van der Waals surface area contributed by atoms with E-state index < -0.39 is 0 Å². The number of carbonyl (C=O) groups excluding carboxylic acids is 2. The van der Waals surface area contributed by atoms with Crippen molar-refractivity contribution < 1.29 is 23.8 Å². The zero-order valence-electron chi connectivity index (χ0n) is 16.8. The average molecular weight is 386 g/mol. The van der Waals surface area contributed by atoms with E-state index in [0.29, 0.717) is 22.8 Å². The van der Waals surface area contributed by atoms with Crippen LogP contribution < -0.4 is 19.5 Å². The lowest BCUT2D eigenvalue weighted by molar-refractivity contribution is -0.130. The standard InChI is InChI=1S/C21H26N2O5/c1-14(16-8-6-7-9-17(16)26-3)23(2)20(24)13-22-21(25)15-10-11-18(27-4)19(12-15)28-5/h6-12,14H,13H2,1-5H3,(H,22,25). The Bertz CT molecular complexity index is 837. The van der Waals surface area contributed by atoms with Crippen LogP contribution in [0.2, 0.25) is 0 Å². The minimum absolute atomic E-state index is 0.122. The molecule has 0 aliphatic rings. The van der Waals surface area contributed by atoms with E-state index in [1.165, 1.54) is 14.2 Å². The smallest absolute Gasteiger partial charge is 0.251 e. The van der Waals surface area contributed by atoms with Gasteiger partial charge >= 0.3 is 0 Å². The Balaban J connectivity index is 2.02. The Hall–Kier alpha value is -3.22. The highest BCUT2D eigenvalue weighted by Gasteiger charge is 2.21.